The van der Waals surface area contributed by atoms with E-state index in [4.69, 9.17) is 9.26 Å². The normalized spacial score (nSPS) is 27.5. The van der Waals surface area contributed by atoms with Gasteiger partial charge in [0.1, 0.15) is 25.9 Å². The molecule has 13 heteroatoms. The molecule has 8 atom stereocenters. The number of ether oxygens (including phenoxy) is 1. The maximum absolute atomic E-state index is 13.1. The molecule has 0 spiro atoms. The van der Waals surface area contributed by atoms with Crippen molar-refractivity contribution in [3.05, 3.63) is 36.0 Å². The number of carboxylic acids is 1. The first kappa shape index (κ1) is 29.2. The highest BCUT2D eigenvalue weighted by Crippen LogP contribution is 2.44. The molecule has 12 nitrogen and oxygen atoms in total. The highest BCUT2D eigenvalue weighted by molar-refractivity contribution is 7.51. The lowest BCUT2D eigenvalue weighted by Gasteiger charge is -2.41. The minimum atomic E-state index is -4.85. The number of nitrogens with one attached hydrogen (secondary N) is 2. The Morgan fingerprint density at radius 1 is 1.19 bits per heavy atom. The number of carboxylic acid groups (broad SMARTS) is 1. The van der Waals surface area contributed by atoms with Gasteiger partial charge in [0.25, 0.3) is 0 Å². The van der Waals surface area contributed by atoms with Crippen molar-refractivity contribution in [2.75, 3.05) is 6.16 Å². The van der Waals surface area contributed by atoms with Crippen LogP contribution in [0.1, 0.15) is 32.8 Å². The Morgan fingerprint density at radius 2 is 1.86 bits per heavy atom. The summed E-state index contributed by atoms with van der Waals surface area (Å²) in [5.41, 5.74) is 1.43. The van der Waals surface area contributed by atoms with E-state index in [1.165, 1.54) is 6.92 Å². The Hall–Kier alpha value is -2.31. The van der Waals surface area contributed by atoms with Crippen molar-refractivity contribution in [2.24, 2.45) is 11.8 Å². The number of aliphatic hydroxyl groups is 3. The fourth-order valence-electron chi connectivity index (χ4n) is 4.41. The second-order valence-electron chi connectivity index (χ2n) is 9.85. The highest BCUT2D eigenvalue weighted by atomic mass is 31.2. The Morgan fingerprint density at radius 3 is 2.51 bits per heavy atom. The van der Waals surface area contributed by atoms with E-state index in [9.17, 15) is 39.5 Å². The Bertz CT molecular complexity index is 1140. The Kier molecular flexibility index (Phi) is 9.52. The number of fused-ring (bicyclic) bond motifs is 1. The third kappa shape index (κ3) is 7.38. The summed E-state index contributed by atoms with van der Waals surface area (Å²) in [6, 6.07) is 5.82. The van der Waals surface area contributed by atoms with Gasteiger partial charge >= 0.3 is 0 Å². The number of amides is 1. The molecular weight excluding hydrogens is 507 g/mol. The number of para-hydroxylation sites is 1. The molecule has 37 heavy (non-hydrogen) atoms. The number of carbonyl (C=O) groups excluding carboxylic acids is 2. The zero-order valence-electron chi connectivity index (χ0n) is 20.8. The standard InChI is InChI=1S/C24H35N2O10P/c1-12(2)8-15(11-37(33,34)36-24-21(29)20(28)19(27)13(3)35-24)22(30)26-18(23(31)32)9-14-10-25-17-7-5-4-6-16(14)17/h4-7,10,12-13,15,18-21,24-25,27-29H,8-9,11H2,1-3H3,(H,26,30)(H,31,32)(H,33,34)/p-2/t13?,15-,18+,19?,20?,21?,24?/m1/s1. The molecule has 1 aliphatic rings. The van der Waals surface area contributed by atoms with Crippen molar-refractivity contribution in [3.8, 4) is 0 Å². The summed E-state index contributed by atoms with van der Waals surface area (Å²) in [6.45, 7) is 4.91. The van der Waals surface area contributed by atoms with Gasteiger partial charge in [-0.3, -0.25) is 4.79 Å². The summed E-state index contributed by atoms with van der Waals surface area (Å²) in [6.07, 6.45) is -6.94. The smallest absolute Gasteiger partial charge is 0.224 e. The minimum absolute atomic E-state index is 0.0851. The van der Waals surface area contributed by atoms with E-state index in [2.05, 4.69) is 10.3 Å². The molecule has 1 aromatic heterocycles. The summed E-state index contributed by atoms with van der Waals surface area (Å²) in [5, 5.41) is 44.8. The van der Waals surface area contributed by atoms with Gasteiger partial charge in [0.2, 0.25) is 5.91 Å². The molecule has 0 aliphatic carbocycles. The third-order valence-electron chi connectivity index (χ3n) is 6.34. The molecule has 1 fully saturated rings. The number of hydrogen-bond donors (Lipinski definition) is 5. The van der Waals surface area contributed by atoms with Crippen LogP contribution >= 0.6 is 7.60 Å². The van der Waals surface area contributed by atoms with E-state index in [1.54, 1.807) is 32.2 Å². The summed E-state index contributed by atoms with van der Waals surface area (Å²) in [4.78, 5) is 40.8. The lowest BCUT2D eigenvalue weighted by atomic mass is 9.97. The number of hydrogen-bond acceptors (Lipinski definition) is 10. The first-order valence-electron chi connectivity index (χ1n) is 12.0. The van der Waals surface area contributed by atoms with Gasteiger partial charge in [-0.15, -0.1) is 0 Å². The van der Waals surface area contributed by atoms with E-state index in [1.807, 2.05) is 12.1 Å². The van der Waals surface area contributed by atoms with Crippen LogP contribution in [0.4, 0.5) is 0 Å². The zero-order chi connectivity index (χ0) is 27.5. The number of benzene rings is 1. The SMILES string of the molecule is CC(C)C[C@H](CP(=O)([O-])OC1OC(C)C(O)C(O)C1O)C(=O)N[C@@H](Cc1c[nH]c2ccccc12)C(=O)[O-]. The van der Waals surface area contributed by atoms with Gasteiger partial charge in [0, 0.05) is 35.6 Å². The molecule has 1 aliphatic heterocycles. The topological polar surface area (TPSA) is 204 Å². The maximum atomic E-state index is 13.1. The largest absolute Gasteiger partial charge is 0.778 e. The lowest BCUT2D eigenvalue weighted by Crippen LogP contribution is -2.57. The van der Waals surface area contributed by atoms with Crippen LogP contribution in [0.15, 0.2) is 30.5 Å². The van der Waals surface area contributed by atoms with Crippen LogP contribution in [0.3, 0.4) is 0 Å². The van der Waals surface area contributed by atoms with Gasteiger partial charge in [-0.25, -0.2) is 0 Å². The predicted octanol–water partition coefficient (Wildman–Crippen LogP) is -0.995. The molecule has 2 aromatic rings. The fraction of sp³-hybridized carbons (Fsp3) is 0.583. The number of aromatic amines is 1. The number of aliphatic carboxylic acids is 1. The van der Waals surface area contributed by atoms with Crippen molar-refractivity contribution in [1.82, 2.24) is 10.3 Å². The van der Waals surface area contributed by atoms with Crippen molar-refractivity contribution < 1.29 is 48.7 Å². The molecule has 206 valence electrons. The fourth-order valence-corrected chi connectivity index (χ4v) is 5.84. The third-order valence-corrected chi connectivity index (χ3v) is 7.76. The summed E-state index contributed by atoms with van der Waals surface area (Å²) in [5.74, 6) is -3.64. The number of carbonyl (C=O) groups is 2. The number of rotatable bonds is 11. The minimum Gasteiger partial charge on any atom is -0.778 e. The first-order valence-corrected chi connectivity index (χ1v) is 13.8. The van der Waals surface area contributed by atoms with Crippen LogP contribution in [-0.2, 0) is 29.8 Å². The second-order valence-corrected chi connectivity index (χ2v) is 11.6. The number of aromatic nitrogens is 1. The molecule has 5 N–H and O–H groups in total. The van der Waals surface area contributed by atoms with Gasteiger partial charge in [-0.2, -0.15) is 0 Å². The Labute approximate surface area is 214 Å². The quantitative estimate of drug-likeness (QED) is 0.220. The van der Waals surface area contributed by atoms with E-state index >= 15 is 0 Å². The van der Waals surface area contributed by atoms with E-state index in [-0.39, 0.29) is 18.8 Å². The van der Waals surface area contributed by atoms with E-state index in [0.717, 1.165) is 10.9 Å². The molecule has 6 unspecified atom stereocenters. The molecule has 1 aromatic carbocycles. The maximum Gasteiger partial charge on any atom is 0.224 e. The summed E-state index contributed by atoms with van der Waals surface area (Å²) < 4.78 is 23.0. The lowest BCUT2D eigenvalue weighted by molar-refractivity contribution is -0.308. The van der Waals surface area contributed by atoms with Crippen LogP contribution < -0.4 is 15.3 Å². The summed E-state index contributed by atoms with van der Waals surface area (Å²) >= 11 is 0. The first-order chi connectivity index (χ1) is 17.3. The molecule has 3 rings (SSSR count). The predicted molar refractivity (Wildman–Crippen MR) is 128 cm³/mol. The van der Waals surface area contributed by atoms with Crippen molar-refractivity contribution >= 4 is 30.4 Å². The highest BCUT2D eigenvalue weighted by Gasteiger charge is 2.44. The van der Waals surface area contributed by atoms with E-state index < -0.39 is 68.3 Å². The van der Waals surface area contributed by atoms with Crippen LogP contribution in [-0.4, -0.2) is 75.1 Å². The molecule has 1 saturated heterocycles. The molecule has 0 radical (unpaired) electrons. The molecule has 2 heterocycles. The van der Waals surface area contributed by atoms with Crippen LogP contribution in [0.25, 0.3) is 10.9 Å². The molecule has 1 amide bonds. The average molecular weight is 541 g/mol. The van der Waals surface area contributed by atoms with Crippen LogP contribution in [0, 0.1) is 11.8 Å². The number of H-pyrrole nitrogens is 1. The monoisotopic (exact) mass is 540 g/mol. The number of aliphatic hydroxyl groups excluding tert-OH is 3. The van der Waals surface area contributed by atoms with Crippen LogP contribution in [0.5, 0.6) is 0 Å². The van der Waals surface area contributed by atoms with Gasteiger partial charge in [-0.05, 0) is 30.9 Å². The van der Waals surface area contributed by atoms with E-state index in [0.29, 0.717) is 5.56 Å². The second kappa shape index (κ2) is 12.0. The van der Waals surface area contributed by atoms with Crippen molar-refractivity contribution in [1.29, 1.82) is 0 Å². The molecule has 0 saturated carbocycles. The van der Waals surface area contributed by atoms with Crippen LogP contribution in [0.2, 0.25) is 0 Å². The molecule has 0 bridgehead atoms. The van der Waals surface area contributed by atoms with Crippen molar-refractivity contribution in [2.45, 2.75) is 70.4 Å². The molecular formula is C24H33N2O10P-2. The van der Waals surface area contributed by atoms with Crippen molar-refractivity contribution in [3.63, 3.8) is 0 Å². The van der Waals surface area contributed by atoms with Gasteiger partial charge in [0.15, 0.2) is 6.29 Å². The summed E-state index contributed by atoms with van der Waals surface area (Å²) in [7, 11) is -4.85. The van der Waals surface area contributed by atoms with Gasteiger partial charge in [-0.1, -0.05) is 32.0 Å². The van der Waals surface area contributed by atoms with Gasteiger partial charge < -0.3 is 54.2 Å². The average Bonchev–Trinajstić information content (AvgIpc) is 3.22. The van der Waals surface area contributed by atoms with Gasteiger partial charge in [0.05, 0.1) is 18.1 Å². The Balaban J connectivity index is 1.72. The zero-order valence-corrected chi connectivity index (χ0v) is 21.7.